The van der Waals surface area contributed by atoms with Crippen LogP contribution in [0.2, 0.25) is 0 Å². The molecule has 2 saturated carbocycles. The molecule has 0 amide bonds. The van der Waals surface area contributed by atoms with Crippen molar-refractivity contribution in [3.63, 3.8) is 0 Å². The van der Waals surface area contributed by atoms with Gasteiger partial charge in [0.2, 0.25) is 0 Å². The molecule has 2 rings (SSSR count). The van der Waals surface area contributed by atoms with Gasteiger partial charge in [-0.2, -0.15) is 0 Å². The first-order valence-electron chi connectivity index (χ1n) is 5.11. The van der Waals surface area contributed by atoms with Gasteiger partial charge in [0.1, 0.15) is 0 Å². The minimum Gasteiger partial charge on any atom is -0.305 e. The van der Waals surface area contributed by atoms with Crippen LogP contribution in [0.1, 0.15) is 38.5 Å². The lowest BCUT2D eigenvalue weighted by Crippen LogP contribution is -2.11. The Morgan fingerprint density at radius 2 is 2.21 bits per heavy atom. The highest BCUT2D eigenvalue weighted by atomic mass is 127. The quantitative estimate of drug-likeness (QED) is 0.331. The van der Waals surface area contributed by atoms with Gasteiger partial charge in [-0.25, -0.2) is 0 Å². The Hall–Kier alpha value is 0.600. The van der Waals surface area contributed by atoms with E-state index in [9.17, 15) is 0 Å². The normalized spacial score (nSPS) is 33.8. The molecule has 0 spiro atoms. The Balaban J connectivity index is 0.000000461. The van der Waals surface area contributed by atoms with E-state index in [0.717, 1.165) is 17.9 Å². The van der Waals surface area contributed by atoms with E-state index in [0.29, 0.717) is 0 Å². The van der Waals surface area contributed by atoms with Gasteiger partial charge >= 0.3 is 0 Å². The first-order chi connectivity index (χ1) is 6.87. The lowest BCUT2D eigenvalue weighted by atomic mass is 9.86. The Morgan fingerprint density at radius 1 is 1.43 bits per heavy atom. The molecule has 2 atom stereocenters. The molecular weight excluding hydrogens is 307 g/mol. The van der Waals surface area contributed by atoms with Crippen LogP contribution in [0.3, 0.4) is 0 Å². The SMILES string of the molecule is C#C.ISOCC[C@@]12CCCC[C@@H]1C2. The van der Waals surface area contributed by atoms with Crippen molar-refractivity contribution in [1.82, 2.24) is 0 Å². The monoisotopic (exact) mass is 324 g/mol. The van der Waals surface area contributed by atoms with Gasteiger partial charge in [-0.1, -0.05) is 12.8 Å². The van der Waals surface area contributed by atoms with Crippen LogP contribution >= 0.6 is 30.4 Å². The highest BCUT2D eigenvalue weighted by molar-refractivity contribution is 14.2. The van der Waals surface area contributed by atoms with Gasteiger partial charge in [-0.05, 0) is 37.0 Å². The van der Waals surface area contributed by atoms with Gasteiger partial charge in [-0.3, -0.25) is 0 Å². The van der Waals surface area contributed by atoms with E-state index >= 15 is 0 Å². The minimum absolute atomic E-state index is 0.755. The lowest BCUT2D eigenvalue weighted by Gasteiger charge is -2.20. The summed E-state index contributed by atoms with van der Waals surface area (Å²) >= 11 is 2.19. The first-order valence-corrected chi connectivity index (χ1v) is 8.39. The Bertz CT molecular complexity index is 195. The summed E-state index contributed by atoms with van der Waals surface area (Å²) in [6.07, 6.45) is 16.7. The second-order valence-electron chi connectivity index (χ2n) is 4.14. The molecule has 0 bridgehead atoms. The summed E-state index contributed by atoms with van der Waals surface area (Å²) in [5, 5.41) is 0. The number of hydrogen-bond acceptors (Lipinski definition) is 2. The summed E-state index contributed by atoms with van der Waals surface area (Å²) in [5.41, 5.74) is 0.755. The zero-order valence-corrected chi connectivity index (χ0v) is 11.4. The topological polar surface area (TPSA) is 9.23 Å². The fourth-order valence-corrected chi connectivity index (χ4v) is 3.41. The largest absolute Gasteiger partial charge is 0.305 e. The molecule has 0 aromatic carbocycles. The molecule has 0 aliphatic heterocycles. The maximum atomic E-state index is 5.33. The molecule has 0 radical (unpaired) electrons. The molecule has 0 aromatic heterocycles. The van der Waals surface area contributed by atoms with E-state index in [1.807, 2.05) is 0 Å². The minimum atomic E-state index is 0.755. The number of rotatable bonds is 4. The third kappa shape index (κ3) is 3.04. The van der Waals surface area contributed by atoms with Crippen molar-refractivity contribution in [2.75, 3.05) is 6.61 Å². The van der Waals surface area contributed by atoms with E-state index in [-0.39, 0.29) is 0 Å². The highest BCUT2D eigenvalue weighted by Gasteiger charge is 2.53. The fourth-order valence-electron chi connectivity index (χ4n) is 2.72. The van der Waals surface area contributed by atoms with Gasteiger partial charge < -0.3 is 4.18 Å². The molecule has 80 valence electrons. The third-order valence-electron chi connectivity index (χ3n) is 3.56. The van der Waals surface area contributed by atoms with Crippen molar-refractivity contribution in [2.24, 2.45) is 11.3 Å². The van der Waals surface area contributed by atoms with E-state index in [1.165, 1.54) is 47.7 Å². The molecule has 2 aliphatic carbocycles. The standard InChI is InChI=1S/C9H15IOS.C2H2/c10-12-11-6-5-9-4-2-1-3-8(9)7-9;1-2/h8H,1-7H2;1-2H/t8-,9-;/m1./s1. The van der Waals surface area contributed by atoms with Gasteiger partial charge in [0.15, 0.2) is 0 Å². The Morgan fingerprint density at radius 3 is 2.86 bits per heavy atom. The van der Waals surface area contributed by atoms with Crippen LogP contribution in [-0.4, -0.2) is 6.61 Å². The van der Waals surface area contributed by atoms with Crippen molar-refractivity contribution in [3.05, 3.63) is 0 Å². The van der Waals surface area contributed by atoms with Crippen LogP contribution in [0.25, 0.3) is 0 Å². The van der Waals surface area contributed by atoms with Crippen LogP contribution in [0.15, 0.2) is 0 Å². The van der Waals surface area contributed by atoms with E-state index in [2.05, 4.69) is 34.1 Å². The summed E-state index contributed by atoms with van der Waals surface area (Å²) < 4.78 is 5.33. The predicted octanol–water partition coefficient (Wildman–Crippen LogP) is 4.22. The van der Waals surface area contributed by atoms with E-state index in [4.69, 9.17) is 4.18 Å². The lowest BCUT2D eigenvalue weighted by molar-refractivity contribution is 0.255. The molecule has 0 unspecified atom stereocenters. The van der Waals surface area contributed by atoms with E-state index < -0.39 is 0 Å². The number of hydrogen-bond donors (Lipinski definition) is 0. The Labute approximate surface area is 104 Å². The highest BCUT2D eigenvalue weighted by Crippen LogP contribution is 2.63. The van der Waals surface area contributed by atoms with Crippen molar-refractivity contribution >= 4 is 30.4 Å². The van der Waals surface area contributed by atoms with Crippen LogP contribution in [0.5, 0.6) is 0 Å². The average Bonchev–Trinajstić information content (AvgIpc) is 2.96. The molecule has 0 heterocycles. The second kappa shape index (κ2) is 6.24. The molecular formula is C11H17IOS. The van der Waals surface area contributed by atoms with E-state index in [1.54, 1.807) is 0 Å². The first kappa shape index (κ1) is 12.7. The number of fused-ring (bicyclic) bond motifs is 1. The molecule has 3 heteroatoms. The van der Waals surface area contributed by atoms with Crippen molar-refractivity contribution in [3.8, 4) is 12.8 Å². The maximum absolute atomic E-state index is 5.33. The third-order valence-corrected chi connectivity index (χ3v) is 4.58. The summed E-state index contributed by atoms with van der Waals surface area (Å²) in [6, 6.07) is 0. The zero-order valence-electron chi connectivity index (χ0n) is 8.38. The maximum Gasteiger partial charge on any atom is 0.0650 e. The van der Waals surface area contributed by atoms with Crippen LogP contribution in [0.4, 0.5) is 0 Å². The van der Waals surface area contributed by atoms with Gasteiger partial charge in [-0.15, -0.1) is 12.8 Å². The predicted molar refractivity (Wildman–Crippen MR) is 71.1 cm³/mol. The molecule has 2 aliphatic rings. The van der Waals surface area contributed by atoms with Crippen molar-refractivity contribution in [1.29, 1.82) is 0 Å². The van der Waals surface area contributed by atoms with Gasteiger partial charge in [0.25, 0.3) is 0 Å². The summed E-state index contributed by atoms with van der Waals surface area (Å²) in [5.74, 6) is 1.08. The second-order valence-corrected chi connectivity index (χ2v) is 5.58. The van der Waals surface area contributed by atoms with Crippen LogP contribution < -0.4 is 0 Å². The average molecular weight is 324 g/mol. The molecule has 0 N–H and O–H groups in total. The summed E-state index contributed by atoms with van der Waals surface area (Å²) in [6.45, 7) is 0.962. The summed E-state index contributed by atoms with van der Waals surface area (Å²) in [4.78, 5) is 0. The molecule has 0 saturated heterocycles. The molecule has 2 fully saturated rings. The smallest absolute Gasteiger partial charge is 0.0650 e. The van der Waals surface area contributed by atoms with Crippen molar-refractivity contribution < 1.29 is 4.18 Å². The van der Waals surface area contributed by atoms with Gasteiger partial charge in [0, 0.05) is 21.2 Å². The zero-order chi connectivity index (χ0) is 10.4. The molecule has 0 aromatic rings. The van der Waals surface area contributed by atoms with Gasteiger partial charge in [0.05, 0.1) is 15.8 Å². The van der Waals surface area contributed by atoms with Crippen LogP contribution in [0, 0.1) is 24.2 Å². The van der Waals surface area contributed by atoms with Crippen molar-refractivity contribution in [2.45, 2.75) is 38.5 Å². The summed E-state index contributed by atoms with van der Waals surface area (Å²) in [7, 11) is 1.48. The number of terminal acetylenes is 1. The van der Waals surface area contributed by atoms with Crippen LogP contribution in [-0.2, 0) is 4.18 Å². The number of halogens is 1. The Kier molecular flexibility index (Phi) is 5.65. The molecule has 1 nitrogen and oxygen atoms in total. The molecule has 14 heavy (non-hydrogen) atoms. The fraction of sp³-hybridized carbons (Fsp3) is 0.818.